The number of hydrogen-bond donors (Lipinski definition) is 2. The molecule has 8 heteroatoms. The molecule has 126 valence electrons. The topological polar surface area (TPSA) is 88.9 Å². The molecule has 0 bridgehead atoms. The van der Waals surface area contributed by atoms with Crippen LogP contribution in [0.25, 0.3) is 11.4 Å². The van der Waals surface area contributed by atoms with Crippen molar-refractivity contribution in [2.75, 3.05) is 11.1 Å². The largest absolute Gasteiger partial charge is 0.353 e. The van der Waals surface area contributed by atoms with Gasteiger partial charge in [0.05, 0.1) is 5.75 Å². The van der Waals surface area contributed by atoms with E-state index >= 15 is 0 Å². The van der Waals surface area contributed by atoms with E-state index in [1.165, 1.54) is 18.7 Å². The number of carbonyl (C=O) groups excluding carboxylic acids is 2. The maximum atomic E-state index is 11.8. The van der Waals surface area contributed by atoms with E-state index in [4.69, 9.17) is 0 Å². The van der Waals surface area contributed by atoms with Gasteiger partial charge in [0.15, 0.2) is 11.0 Å². The molecule has 0 radical (unpaired) electrons. The standard InChI is InChI=1S/C16H19N5O2S/c1-10(22)17-12-5-3-11(4-6-12)15-19-20-16(21(15)2)24-9-14(23)18-13-7-8-13/h3-6,13H,7-9H2,1-2H3,(H,17,22)(H,18,23). The summed E-state index contributed by atoms with van der Waals surface area (Å²) in [6.45, 7) is 1.47. The Bertz CT molecular complexity index is 752. The maximum Gasteiger partial charge on any atom is 0.230 e. The number of hydrogen-bond acceptors (Lipinski definition) is 5. The molecule has 1 heterocycles. The number of nitrogens with zero attached hydrogens (tertiary/aromatic N) is 3. The summed E-state index contributed by atoms with van der Waals surface area (Å²) in [5.41, 5.74) is 1.63. The number of amides is 2. The van der Waals surface area contributed by atoms with Crippen LogP contribution < -0.4 is 10.6 Å². The van der Waals surface area contributed by atoms with Gasteiger partial charge in [0, 0.05) is 31.3 Å². The van der Waals surface area contributed by atoms with E-state index in [1.807, 2.05) is 35.9 Å². The SMILES string of the molecule is CC(=O)Nc1ccc(-c2nnc(SCC(=O)NC3CC3)n2C)cc1. The molecule has 1 aromatic heterocycles. The maximum absolute atomic E-state index is 11.8. The quantitative estimate of drug-likeness (QED) is 0.780. The highest BCUT2D eigenvalue weighted by molar-refractivity contribution is 7.99. The van der Waals surface area contributed by atoms with Crippen molar-refractivity contribution in [3.8, 4) is 11.4 Å². The zero-order valence-electron chi connectivity index (χ0n) is 13.6. The van der Waals surface area contributed by atoms with Gasteiger partial charge in [0.2, 0.25) is 11.8 Å². The molecular weight excluding hydrogens is 326 g/mol. The second-order valence-electron chi connectivity index (χ2n) is 5.75. The van der Waals surface area contributed by atoms with Gasteiger partial charge in [-0.1, -0.05) is 11.8 Å². The van der Waals surface area contributed by atoms with Gasteiger partial charge in [-0.25, -0.2) is 0 Å². The van der Waals surface area contributed by atoms with E-state index in [9.17, 15) is 9.59 Å². The first kappa shape index (κ1) is 16.5. The number of nitrogens with one attached hydrogen (secondary N) is 2. The highest BCUT2D eigenvalue weighted by Gasteiger charge is 2.23. The van der Waals surface area contributed by atoms with Crippen LogP contribution in [0.1, 0.15) is 19.8 Å². The molecule has 2 amide bonds. The van der Waals surface area contributed by atoms with Crippen molar-refractivity contribution in [2.45, 2.75) is 31.0 Å². The van der Waals surface area contributed by atoms with Crippen molar-refractivity contribution < 1.29 is 9.59 Å². The number of carbonyl (C=O) groups is 2. The van der Waals surface area contributed by atoms with Crippen LogP contribution in [-0.2, 0) is 16.6 Å². The summed E-state index contributed by atoms with van der Waals surface area (Å²) in [6.07, 6.45) is 2.16. The summed E-state index contributed by atoms with van der Waals surface area (Å²) in [5.74, 6) is 0.981. The van der Waals surface area contributed by atoms with E-state index in [0.29, 0.717) is 17.0 Å². The Hall–Kier alpha value is -2.35. The molecule has 3 rings (SSSR count). The molecule has 24 heavy (non-hydrogen) atoms. The molecule has 0 atom stereocenters. The van der Waals surface area contributed by atoms with E-state index in [0.717, 1.165) is 29.9 Å². The number of rotatable bonds is 6. The summed E-state index contributed by atoms with van der Waals surface area (Å²) in [7, 11) is 1.87. The van der Waals surface area contributed by atoms with Crippen LogP contribution in [0.4, 0.5) is 5.69 Å². The summed E-state index contributed by atoms with van der Waals surface area (Å²) in [6, 6.07) is 7.77. The Kier molecular flexibility index (Phi) is 4.84. The molecule has 0 saturated heterocycles. The predicted molar refractivity (Wildman–Crippen MR) is 92.6 cm³/mol. The molecule has 0 spiro atoms. The molecule has 1 aromatic carbocycles. The van der Waals surface area contributed by atoms with Crippen LogP contribution in [0, 0.1) is 0 Å². The fraction of sp³-hybridized carbons (Fsp3) is 0.375. The molecule has 2 aromatic rings. The summed E-state index contributed by atoms with van der Waals surface area (Å²) in [5, 5.41) is 14.7. The van der Waals surface area contributed by atoms with E-state index < -0.39 is 0 Å². The first-order chi connectivity index (χ1) is 11.5. The zero-order valence-corrected chi connectivity index (χ0v) is 14.4. The lowest BCUT2D eigenvalue weighted by molar-refractivity contribution is -0.118. The van der Waals surface area contributed by atoms with Crippen molar-refractivity contribution in [1.29, 1.82) is 0 Å². The van der Waals surface area contributed by atoms with E-state index in [1.54, 1.807) is 0 Å². The van der Waals surface area contributed by atoms with E-state index in [-0.39, 0.29) is 11.8 Å². The highest BCUT2D eigenvalue weighted by Crippen LogP contribution is 2.24. The molecule has 0 aliphatic heterocycles. The molecule has 1 fully saturated rings. The smallest absolute Gasteiger partial charge is 0.230 e. The van der Waals surface area contributed by atoms with Gasteiger partial charge in [-0.2, -0.15) is 0 Å². The molecule has 1 aliphatic carbocycles. The van der Waals surface area contributed by atoms with Crippen LogP contribution in [-0.4, -0.2) is 38.4 Å². The minimum Gasteiger partial charge on any atom is -0.353 e. The fourth-order valence-electron chi connectivity index (χ4n) is 2.22. The van der Waals surface area contributed by atoms with Crippen LogP contribution in [0.15, 0.2) is 29.4 Å². The molecular formula is C16H19N5O2S. The highest BCUT2D eigenvalue weighted by atomic mass is 32.2. The summed E-state index contributed by atoms with van der Waals surface area (Å²) in [4.78, 5) is 22.8. The van der Waals surface area contributed by atoms with Crippen molar-refractivity contribution in [3.05, 3.63) is 24.3 Å². The molecule has 1 saturated carbocycles. The number of thioether (sulfide) groups is 1. The molecule has 1 aliphatic rings. The third-order valence-corrected chi connectivity index (χ3v) is 4.59. The van der Waals surface area contributed by atoms with Gasteiger partial charge in [-0.05, 0) is 37.1 Å². The third-order valence-electron chi connectivity index (χ3n) is 3.57. The monoisotopic (exact) mass is 345 g/mol. The molecule has 7 nitrogen and oxygen atoms in total. The fourth-order valence-corrected chi connectivity index (χ4v) is 2.95. The Balaban J connectivity index is 1.65. The lowest BCUT2D eigenvalue weighted by Gasteiger charge is -2.06. The average molecular weight is 345 g/mol. The van der Waals surface area contributed by atoms with Crippen LogP contribution in [0.5, 0.6) is 0 Å². The minimum atomic E-state index is -0.107. The third kappa shape index (κ3) is 4.14. The first-order valence-corrected chi connectivity index (χ1v) is 8.71. The minimum absolute atomic E-state index is 0.0340. The van der Waals surface area contributed by atoms with Crippen LogP contribution in [0.2, 0.25) is 0 Å². The van der Waals surface area contributed by atoms with Crippen LogP contribution >= 0.6 is 11.8 Å². The average Bonchev–Trinajstić information content (AvgIpc) is 3.27. The lowest BCUT2D eigenvalue weighted by Crippen LogP contribution is -2.27. The van der Waals surface area contributed by atoms with Gasteiger partial charge >= 0.3 is 0 Å². The van der Waals surface area contributed by atoms with Crippen molar-refractivity contribution in [1.82, 2.24) is 20.1 Å². The number of anilines is 1. The van der Waals surface area contributed by atoms with Gasteiger partial charge in [0.1, 0.15) is 0 Å². The Morgan fingerprint density at radius 1 is 1.25 bits per heavy atom. The second kappa shape index (κ2) is 7.04. The normalized spacial score (nSPS) is 13.6. The van der Waals surface area contributed by atoms with Gasteiger partial charge in [-0.3, -0.25) is 9.59 Å². The zero-order chi connectivity index (χ0) is 17.1. The van der Waals surface area contributed by atoms with Crippen molar-refractivity contribution >= 4 is 29.3 Å². The molecule has 0 unspecified atom stereocenters. The predicted octanol–water partition coefficient (Wildman–Crippen LogP) is 1.81. The Labute approximate surface area is 144 Å². The van der Waals surface area contributed by atoms with Gasteiger partial charge in [-0.15, -0.1) is 10.2 Å². The second-order valence-corrected chi connectivity index (χ2v) is 6.70. The summed E-state index contributed by atoms with van der Waals surface area (Å²) >= 11 is 1.37. The Morgan fingerprint density at radius 3 is 2.58 bits per heavy atom. The number of aromatic nitrogens is 3. The number of benzene rings is 1. The van der Waals surface area contributed by atoms with Crippen molar-refractivity contribution in [3.63, 3.8) is 0 Å². The lowest BCUT2D eigenvalue weighted by atomic mass is 10.2. The van der Waals surface area contributed by atoms with Crippen LogP contribution in [0.3, 0.4) is 0 Å². The van der Waals surface area contributed by atoms with Gasteiger partial charge < -0.3 is 15.2 Å². The molecule has 2 N–H and O–H groups in total. The Morgan fingerprint density at radius 2 is 1.96 bits per heavy atom. The van der Waals surface area contributed by atoms with E-state index in [2.05, 4.69) is 20.8 Å². The summed E-state index contributed by atoms with van der Waals surface area (Å²) < 4.78 is 1.86. The van der Waals surface area contributed by atoms with Crippen molar-refractivity contribution in [2.24, 2.45) is 7.05 Å². The van der Waals surface area contributed by atoms with Gasteiger partial charge in [0.25, 0.3) is 0 Å². The first-order valence-electron chi connectivity index (χ1n) is 7.72.